The Balaban J connectivity index is 1.78. The van der Waals surface area contributed by atoms with Gasteiger partial charge in [0.15, 0.2) is 5.11 Å². The molecule has 0 aliphatic heterocycles. The first-order chi connectivity index (χ1) is 14.4. The lowest BCUT2D eigenvalue weighted by molar-refractivity contribution is 1.03. The first kappa shape index (κ1) is 21.7. The highest BCUT2D eigenvalue weighted by atomic mass is 35.5. The molecule has 0 atom stereocenters. The molecule has 0 fully saturated rings. The Morgan fingerprint density at radius 3 is 2.30 bits per heavy atom. The molecule has 2 aromatic carbocycles. The van der Waals surface area contributed by atoms with E-state index in [1.54, 1.807) is 0 Å². The fourth-order valence-corrected chi connectivity index (χ4v) is 3.07. The van der Waals surface area contributed by atoms with Crippen molar-refractivity contribution in [1.29, 1.82) is 0 Å². The summed E-state index contributed by atoms with van der Waals surface area (Å²) < 4.78 is 0. The van der Waals surface area contributed by atoms with Gasteiger partial charge in [-0.2, -0.15) is 0 Å². The molecule has 154 valence electrons. The molecule has 1 aromatic heterocycles. The molecular formula is C22H23ClN6S. The van der Waals surface area contributed by atoms with E-state index in [9.17, 15) is 0 Å². The molecule has 0 unspecified atom stereocenters. The number of thiocarbonyl (C=S) groups is 1. The number of guanidine groups is 1. The van der Waals surface area contributed by atoms with Crippen LogP contribution in [0.3, 0.4) is 0 Å². The number of benzene rings is 2. The summed E-state index contributed by atoms with van der Waals surface area (Å²) in [5.41, 5.74) is 4.76. The summed E-state index contributed by atoms with van der Waals surface area (Å²) in [6, 6.07) is 17.4. The third-order valence-corrected chi connectivity index (χ3v) is 4.63. The lowest BCUT2D eigenvalue weighted by Gasteiger charge is -2.15. The van der Waals surface area contributed by atoms with Crippen LogP contribution in [0.5, 0.6) is 0 Å². The summed E-state index contributed by atoms with van der Waals surface area (Å²) in [5.74, 6) is 0.898. The molecule has 6 nitrogen and oxygen atoms in total. The summed E-state index contributed by atoms with van der Waals surface area (Å²) in [7, 11) is 0. The number of hydrogen-bond acceptors (Lipinski definition) is 4. The maximum absolute atomic E-state index is 5.97. The number of hydrogen-bond donors (Lipinski definition) is 3. The highest BCUT2D eigenvalue weighted by molar-refractivity contribution is 7.80. The number of nitrogens with one attached hydrogen (secondary N) is 3. The van der Waals surface area contributed by atoms with Crippen molar-refractivity contribution in [3.63, 3.8) is 0 Å². The zero-order valence-electron chi connectivity index (χ0n) is 17.0. The first-order valence-electron chi connectivity index (χ1n) is 9.41. The van der Waals surface area contributed by atoms with Crippen molar-refractivity contribution in [3.05, 3.63) is 82.1 Å². The second-order valence-electron chi connectivity index (χ2n) is 6.78. The number of para-hydroxylation sites is 1. The van der Waals surface area contributed by atoms with Crippen LogP contribution < -0.4 is 16.0 Å². The first-order valence-corrected chi connectivity index (χ1v) is 10.2. The molecular weight excluding hydrogens is 416 g/mol. The lowest BCUT2D eigenvalue weighted by atomic mass is 10.2. The topological polar surface area (TPSA) is 74.2 Å². The van der Waals surface area contributed by atoms with Gasteiger partial charge in [0.05, 0.1) is 6.54 Å². The Kier molecular flexibility index (Phi) is 7.32. The Hall–Kier alpha value is -3.03. The molecule has 0 spiro atoms. The van der Waals surface area contributed by atoms with Crippen LogP contribution in [0.1, 0.15) is 22.5 Å². The van der Waals surface area contributed by atoms with Crippen molar-refractivity contribution in [3.8, 4) is 0 Å². The number of halogens is 1. The van der Waals surface area contributed by atoms with Gasteiger partial charge in [0.25, 0.3) is 0 Å². The molecule has 3 aromatic rings. The van der Waals surface area contributed by atoms with Crippen molar-refractivity contribution in [2.45, 2.75) is 27.3 Å². The van der Waals surface area contributed by atoms with E-state index in [2.05, 4.69) is 30.9 Å². The molecule has 30 heavy (non-hydrogen) atoms. The van der Waals surface area contributed by atoms with E-state index < -0.39 is 0 Å². The van der Waals surface area contributed by atoms with Crippen LogP contribution in [0.25, 0.3) is 0 Å². The van der Waals surface area contributed by atoms with Gasteiger partial charge in [-0.1, -0.05) is 41.9 Å². The molecule has 0 aliphatic rings. The second kappa shape index (κ2) is 10.1. The molecule has 0 bridgehead atoms. The van der Waals surface area contributed by atoms with Crippen molar-refractivity contribution in [1.82, 2.24) is 15.3 Å². The number of aliphatic imine (C=N–C) groups is 1. The van der Waals surface area contributed by atoms with Crippen LogP contribution in [0.4, 0.5) is 11.6 Å². The van der Waals surface area contributed by atoms with Gasteiger partial charge in [-0.3, -0.25) is 5.32 Å². The van der Waals surface area contributed by atoms with Gasteiger partial charge >= 0.3 is 0 Å². The van der Waals surface area contributed by atoms with Gasteiger partial charge < -0.3 is 10.6 Å². The third-order valence-electron chi connectivity index (χ3n) is 4.17. The van der Waals surface area contributed by atoms with E-state index in [4.69, 9.17) is 23.8 Å². The van der Waals surface area contributed by atoms with Crippen LogP contribution >= 0.6 is 23.8 Å². The molecule has 3 rings (SSSR count). The zero-order chi connectivity index (χ0) is 21.5. The highest BCUT2D eigenvalue weighted by Gasteiger charge is 2.08. The summed E-state index contributed by atoms with van der Waals surface area (Å²) >= 11 is 11.5. The van der Waals surface area contributed by atoms with Crippen LogP contribution in [-0.4, -0.2) is 21.0 Å². The van der Waals surface area contributed by atoms with Crippen LogP contribution in [0, 0.1) is 20.8 Å². The predicted octanol–water partition coefficient (Wildman–Crippen LogP) is 5.01. The van der Waals surface area contributed by atoms with Gasteiger partial charge in [0, 0.05) is 22.1 Å². The van der Waals surface area contributed by atoms with Crippen molar-refractivity contribution < 1.29 is 0 Å². The molecule has 1 heterocycles. The standard InChI is InChI=1S/C22H23ClN6S/c1-14-6-4-5-7-19(14)27-22(30)29-20(24-13-17-8-10-18(23)11-9-17)28-21-25-15(2)12-16(3)26-21/h4-12H,13H2,1-3H3,(H3,24,25,26,27,28,29,30). The monoisotopic (exact) mass is 438 g/mol. The molecule has 0 radical (unpaired) electrons. The zero-order valence-corrected chi connectivity index (χ0v) is 18.6. The number of anilines is 2. The lowest BCUT2D eigenvalue weighted by Crippen LogP contribution is -2.39. The summed E-state index contributed by atoms with van der Waals surface area (Å²) in [4.78, 5) is 13.5. The van der Waals surface area contributed by atoms with Gasteiger partial charge in [-0.05, 0) is 68.4 Å². The normalized spacial score (nSPS) is 11.1. The van der Waals surface area contributed by atoms with Crippen molar-refractivity contribution in [2.24, 2.45) is 4.99 Å². The van der Waals surface area contributed by atoms with Crippen LogP contribution in [-0.2, 0) is 6.54 Å². The summed E-state index contributed by atoms with van der Waals surface area (Å²) in [5, 5.41) is 10.5. The molecule has 8 heteroatoms. The van der Waals surface area contributed by atoms with Gasteiger partial charge in [0.1, 0.15) is 0 Å². The van der Waals surface area contributed by atoms with E-state index in [0.29, 0.717) is 28.6 Å². The molecule has 3 N–H and O–H groups in total. The number of rotatable bonds is 4. The Morgan fingerprint density at radius 2 is 1.63 bits per heavy atom. The number of nitrogens with zero attached hydrogens (tertiary/aromatic N) is 3. The van der Waals surface area contributed by atoms with E-state index in [0.717, 1.165) is 28.2 Å². The van der Waals surface area contributed by atoms with E-state index >= 15 is 0 Å². The number of aromatic nitrogens is 2. The molecule has 0 saturated carbocycles. The molecule has 0 aliphatic carbocycles. The van der Waals surface area contributed by atoms with Crippen molar-refractivity contribution in [2.75, 3.05) is 10.6 Å². The van der Waals surface area contributed by atoms with E-state index in [1.807, 2.05) is 75.4 Å². The maximum Gasteiger partial charge on any atom is 0.229 e. The molecule has 0 amide bonds. The minimum Gasteiger partial charge on any atom is -0.332 e. The third kappa shape index (κ3) is 6.50. The van der Waals surface area contributed by atoms with E-state index in [-0.39, 0.29) is 0 Å². The predicted molar refractivity (Wildman–Crippen MR) is 128 cm³/mol. The largest absolute Gasteiger partial charge is 0.332 e. The quantitative estimate of drug-likeness (QED) is 0.302. The summed E-state index contributed by atoms with van der Waals surface area (Å²) in [6.45, 7) is 6.29. The SMILES string of the molecule is Cc1cc(C)nc(NC(=NCc2ccc(Cl)cc2)NC(=S)Nc2ccccc2C)n1. The fraction of sp³-hybridized carbons (Fsp3) is 0.182. The molecule has 0 saturated heterocycles. The van der Waals surface area contributed by atoms with Gasteiger partial charge in [0.2, 0.25) is 11.9 Å². The van der Waals surface area contributed by atoms with Gasteiger partial charge in [-0.15, -0.1) is 0 Å². The Labute approximate surface area is 186 Å². The highest BCUT2D eigenvalue weighted by Crippen LogP contribution is 2.13. The van der Waals surface area contributed by atoms with Gasteiger partial charge in [-0.25, -0.2) is 15.0 Å². The average Bonchev–Trinajstić information content (AvgIpc) is 2.68. The van der Waals surface area contributed by atoms with Crippen LogP contribution in [0.15, 0.2) is 59.6 Å². The summed E-state index contributed by atoms with van der Waals surface area (Å²) in [6.07, 6.45) is 0. The smallest absolute Gasteiger partial charge is 0.229 e. The Morgan fingerprint density at radius 1 is 0.967 bits per heavy atom. The average molecular weight is 439 g/mol. The maximum atomic E-state index is 5.97. The number of aryl methyl sites for hydroxylation is 3. The fourth-order valence-electron chi connectivity index (χ4n) is 2.73. The van der Waals surface area contributed by atoms with Crippen molar-refractivity contribution >= 4 is 46.5 Å². The second-order valence-corrected chi connectivity index (χ2v) is 7.63. The van der Waals surface area contributed by atoms with E-state index in [1.165, 1.54) is 0 Å². The minimum absolute atomic E-state index is 0.413. The minimum atomic E-state index is 0.413. The Bertz CT molecular complexity index is 1050. The van der Waals surface area contributed by atoms with Crippen LogP contribution in [0.2, 0.25) is 5.02 Å².